The third-order valence-corrected chi connectivity index (χ3v) is 4.45. The van der Waals surface area contributed by atoms with Crippen LogP contribution in [0.25, 0.3) is 0 Å². The van der Waals surface area contributed by atoms with Gasteiger partial charge in [0.25, 0.3) is 5.91 Å². The lowest BCUT2D eigenvalue weighted by atomic mass is 9.92. The number of benzene rings is 1. The number of halogens is 1. The average molecular weight is 339 g/mol. The van der Waals surface area contributed by atoms with Gasteiger partial charge < -0.3 is 14.8 Å². The summed E-state index contributed by atoms with van der Waals surface area (Å²) < 4.78 is 11.5. The molecule has 7 heteroatoms. The Kier molecular flexibility index (Phi) is 2.41. The number of carbonyl (C=O) groups excluding carboxylic acids is 2. The smallest absolute Gasteiger partial charge is 0.325 e. The standard InChI is InChI=1S/C13H11BrN2O4/c14-7-1-2-9-10(3-7)20-6-13(9)11(17)16(12(18)15-13)8-4-19-5-8/h1-3,8H,4-6H2,(H,15,18). The number of fused-ring (bicyclic) bond motifs is 2. The Bertz CT molecular complexity index is 631. The van der Waals surface area contributed by atoms with Crippen LogP contribution in [0.5, 0.6) is 5.75 Å². The summed E-state index contributed by atoms with van der Waals surface area (Å²) in [5.74, 6) is 0.372. The molecule has 1 aromatic carbocycles. The molecule has 3 aliphatic rings. The molecule has 0 bridgehead atoms. The molecule has 3 amide bonds. The molecule has 3 aliphatic heterocycles. The molecule has 1 unspecified atom stereocenters. The van der Waals surface area contributed by atoms with Gasteiger partial charge >= 0.3 is 6.03 Å². The number of urea groups is 1. The van der Waals surface area contributed by atoms with Gasteiger partial charge in [-0.1, -0.05) is 22.0 Å². The average Bonchev–Trinajstić information content (AvgIpc) is 2.82. The Morgan fingerprint density at radius 3 is 2.85 bits per heavy atom. The first kappa shape index (κ1) is 12.2. The summed E-state index contributed by atoms with van der Waals surface area (Å²) >= 11 is 3.37. The summed E-state index contributed by atoms with van der Waals surface area (Å²) in [6.45, 7) is 0.944. The van der Waals surface area contributed by atoms with Crippen LogP contribution >= 0.6 is 15.9 Å². The maximum absolute atomic E-state index is 12.7. The van der Waals surface area contributed by atoms with E-state index in [0.29, 0.717) is 24.5 Å². The Hall–Kier alpha value is -1.60. The maximum Gasteiger partial charge on any atom is 0.325 e. The summed E-state index contributed by atoms with van der Waals surface area (Å²) in [4.78, 5) is 26.1. The first-order chi connectivity index (χ1) is 9.62. The van der Waals surface area contributed by atoms with Gasteiger partial charge in [-0.15, -0.1) is 0 Å². The lowest BCUT2D eigenvalue weighted by Crippen LogP contribution is -2.53. The van der Waals surface area contributed by atoms with E-state index < -0.39 is 5.54 Å². The van der Waals surface area contributed by atoms with E-state index in [2.05, 4.69) is 21.2 Å². The molecule has 1 aromatic rings. The molecule has 0 saturated carbocycles. The number of rotatable bonds is 1. The van der Waals surface area contributed by atoms with Crippen LogP contribution in [-0.2, 0) is 15.1 Å². The van der Waals surface area contributed by atoms with Crippen molar-refractivity contribution in [3.05, 3.63) is 28.2 Å². The summed E-state index contributed by atoms with van der Waals surface area (Å²) in [5, 5.41) is 2.80. The minimum Gasteiger partial charge on any atom is -0.490 e. The highest BCUT2D eigenvalue weighted by molar-refractivity contribution is 9.10. The molecule has 2 saturated heterocycles. The summed E-state index contributed by atoms with van der Waals surface area (Å²) in [5.41, 5.74) is -0.371. The quantitative estimate of drug-likeness (QED) is 0.775. The van der Waals surface area contributed by atoms with Crippen LogP contribution in [-0.4, -0.2) is 42.7 Å². The van der Waals surface area contributed by atoms with Crippen LogP contribution in [0.1, 0.15) is 5.56 Å². The molecule has 6 nitrogen and oxygen atoms in total. The highest BCUT2D eigenvalue weighted by Gasteiger charge is 2.59. The number of hydrogen-bond donors (Lipinski definition) is 1. The van der Waals surface area contributed by atoms with Gasteiger partial charge in [0, 0.05) is 10.0 Å². The molecule has 1 atom stereocenters. The normalized spacial score (nSPS) is 28.4. The van der Waals surface area contributed by atoms with Crippen molar-refractivity contribution in [2.24, 2.45) is 0 Å². The van der Waals surface area contributed by atoms with Gasteiger partial charge in [-0.3, -0.25) is 9.69 Å². The molecule has 1 spiro atoms. The molecule has 4 rings (SSSR count). The highest BCUT2D eigenvalue weighted by Crippen LogP contribution is 2.42. The zero-order chi connectivity index (χ0) is 13.9. The van der Waals surface area contributed by atoms with Crippen LogP contribution < -0.4 is 10.1 Å². The van der Waals surface area contributed by atoms with Gasteiger partial charge in [0.05, 0.1) is 19.3 Å². The number of nitrogens with one attached hydrogen (secondary N) is 1. The first-order valence-corrected chi connectivity index (χ1v) is 7.07. The topological polar surface area (TPSA) is 67.9 Å². The number of imide groups is 1. The molecule has 2 fully saturated rings. The Morgan fingerprint density at radius 1 is 1.35 bits per heavy atom. The van der Waals surface area contributed by atoms with E-state index >= 15 is 0 Å². The van der Waals surface area contributed by atoms with Crippen LogP contribution in [0.3, 0.4) is 0 Å². The van der Waals surface area contributed by atoms with Gasteiger partial charge in [0.2, 0.25) is 0 Å². The number of amides is 3. The second kappa shape index (κ2) is 3.95. The van der Waals surface area contributed by atoms with Crippen molar-refractivity contribution in [3.63, 3.8) is 0 Å². The van der Waals surface area contributed by atoms with Crippen LogP contribution in [0.15, 0.2) is 22.7 Å². The summed E-state index contributed by atoms with van der Waals surface area (Å²) in [6, 6.07) is 4.91. The monoisotopic (exact) mass is 338 g/mol. The number of carbonyl (C=O) groups is 2. The molecule has 1 N–H and O–H groups in total. The van der Waals surface area contributed by atoms with Crippen molar-refractivity contribution >= 4 is 27.9 Å². The van der Waals surface area contributed by atoms with Crippen molar-refractivity contribution < 1.29 is 19.1 Å². The number of ether oxygens (including phenoxy) is 2. The molecule has 3 heterocycles. The molecule has 0 radical (unpaired) electrons. The molecule has 0 aromatic heterocycles. The van der Waals surface area contributed by atoms with E-state index in [0.717, 1.165) is 4.47 Å². The van der Waals surface area contributed by atoms with Crippen molar-refractivity contribution in [1.82, 2.24) is 10.2 Å². The third-order valence-electron chi connectivity index (χ3n) is 3.96. The summed E-state index contributed by atoms with van der Waals surface area (Å²) in [7, 11) is 0. The number of hydrogen-bond acceptors (Lipinski definition) is 4. The Labute approximate surface area is 123 Å². The van der Waals surface area contributed by atoms with Gasteiger partial charge in [0.15, 0.2) is 5.54 Å². The minimum absolute atomic E-state index is 0.132. The van der Waals surface area contributed by atoms with Crippen LogP contribution in [0.4, 0.5) is 4.79 Å². The molecule has 104 valence electrons. The van der Waals surface area contributed by atoms with Crippen LogP contribution in [0.2, 0.25) is 0 Å². The SMILES string of the molecule is O=C1NC2(COc3cc(Br)ccc32)C(=O)N1C1COC1. The van der Waals surface area contributed by atoms with Gasteiger partial charge in [-0.2, -0.15) is 0 Å². The fraction of sp³-hybridized carbons (Fsp3) is 0.385. The van der Waals surface area contributed by atoms with Crippen molar-refractivity contribution in [1.29, 1.82) is 0 Å². The molecular weight excluding hydrogens is 328 g/mol. The molecular formula is C13H11BrN2O4. The Balaban J connectivity index is 1.77. The van der Waals surface area contributed by atoms with E-state index in [9.17, 15) is 9.59 Å². The van der Waals surface area contributed by atoms with E-state index in [1.807, 2.05) is 12.1 Å². The van der Waals surface area contributed by atoms with E-state index in [1.165, 1.54) is 4.90 Å². The number of nitrogens with zero attached hydrogens (tertiary/aromatic N) is 1. The second-order valence-corrected chi connectivity index (χ2v) is 6.05. The Morgan fingerprint density at radius 2 is 2.15 bits per heavy atom. The first-order valence-electron chi connectivity index (χ1n) is 6.28. The van der Waals surface area contributed by atoms with Crippen molar-refractivity contribution in [2.75, 3.05) is 19.8 Å². The predicted molar refractivity (Wildman–Crippen MR) is 71.3 cm³/mol. The van der Waals surface area contributed by atoms with Gasteiger partial charge in [-0.05, 0) is 12.1 Å². The molecule has 20 heavy (non-hydrogen) atoms. The molecule has 0 aliphatic carbocycles. The van der Waals surface area contributed by atoms with Gasteiger partial charge in [0.1, 0.15) is 12.4 Å². The predicted octanol–water partition coefficient (Wildman–Crippen LogP) is 0.987. The van der Waals surface area contributed by atoms with E-state index in [1.54, 1.807) is 6.07 Å². The van der Waals surface area contributed by atoms with E-state index in [-0.39, 0.29) is 24.6 Å². The lowest BCUT2D eigenvalue weighted by molar-refractivity contribution is -0.140. The summed E-state index contributed by atoms with van der Waals surface area (Å²) in [6.07, 6.45) is 0. The third kappa shape index (κ3) is 1.42. The highest BCUT2D eigenvalue weighted by atomic mass is 79.9. The zero-order valence-corrected chi connectivity index (χ0v) is 12.0. The lowest BCUT2D eigenvalue weighted by Gasteiger charge is -2.32. The maximum atomic E-state index is 12.7. The minimum atomic E-state index is -1.08. The largest absolute Gasteiger partial charge is 0.490 e. The van der Waals surface area contributed by atoms with Crippen molar-refractivity contribution in [3.8, 4) is 5.75 Å². The second-order valence-electron chi connectivity index (χ2n) is 5.13. The zero-order valence-electron chi connectivity index (χ0n) is 10.4. The van der Waals surface area contributed by atoms with E-state index in [4.69, 9.17) is 9.47 Å². The van der Waals surface area contributed by atoms with Crippen molar-refractivity contribution in [2.45, 2.75) is 11.6 Å². The van der Waals surface area contributed by atoms with Crippen LogP contribution in [0, 0.1) is 0 Å². The fourth-order valence-electron chi connectivity index (χ4n) is 2.81. The fourth-order valence-corrected chi connectivity index (χ4v) is 3.15. The van der Waals surface area contributed by atoms with Gasteiger partial charge in [-0.25, -0.2) is 4.79 Å².